The van der Waals surface area contributed by atoms with E-state index >= 15 is 0 Å². The highest BCUT2D eigenvalue weighted by molar-refractivity contribution is 7.89. The Bertz CT molecular complexity index is 953. The minimum Gasteiger partial charge on any atom is -0.497 e. The third-order valence-electron chi connectivity index (χ3n) is 3.03. The molecule has 0 aliphatic carbocycles. The van der Waals surface area contributed by atoms with Crippen LogP contribution in [0.2, 0.25) is 0 Å². The van der Waals surface area contributed by atoms with Gasteiger partial charge in [-0.15, -0.1) is 0 Å². The van der Waals surface area contributed by atoms with Gasteiger partial charge in [0.25, 0.3) is 10.1 Å². The van der Waals surface area contributed by atoms with Gasteiger partial charge in [-0.1, -0.05) is 18.2 Å². The molecular weight excluding hydrogens is 349 g/mol. The lowest BCUT2D eigenvalue weighted by atomic mass is 10.1. The molecule has 0 amide bonds. The van der Waals surface area contributed by atoms with Crippen LogP contribution in [-0.4, -0.2) is 28.5 Å². The monoisotopic (exact) mass is 361 g/mol. The van der Waals surface area contributed by atoms with Crippen LogP contribution >= 0.6 is 0 Å². The number of rotatable bonds is 4. The lowest BCUT2D eigenvalue weighted by molar-refractivity contribution is 0.415. The van der Waals surface area contributed by atoms with Crippen molar-refractivity contribution in [2.45, 2.75) is 9.79 Å². The van der Waals surface area contributed by atoms with E-state index in [1.807, 2.05) is 0 Å². The molecule has 7 nitrogen and oxygen atoms in total. The van der Waals surface area contributed by atoms with Gasteiger partial charge in [-0.3, -0.25) is 4.55 Å². The number of ether oxygens (including phenoxy) is 1. The Morgan fingerprint density at radius 3 is 2.04 bits per heavy atom. The third-order valence-corrected chi connectivity index (χ3v) is 4.87. The van der Waals surface area contributed by atoms with Crippen molar-refractivity contribution >= 4 is 20.1 Å². The standard InChI is InChI=1S/C13H12FNO6S2/c1-21-9-4-2-8(3-5-9)10-6-7-11(22(15,16)17)12(14)13(10)23(18,19)20/h2-7H,1H3,(H2,15,16,17)(H,18,19,20). The van der Waals surface area contributed by atoms with Crippen LogP contribution in [0.3, 0.4) is 0 Å². The van der Waals surface area contributed by atoms with E-state index in [0.717, 1.165) is 12.1 Å². The van der Waals surface area contributed by atoms with Gasteiger partial charge in [0.05, 0.1) is 7.11 Å². The maximum absolute atomic E-state index is 14.3. The molecule has 0 saturated heterocycles. The zero-order chi connectivity index (χ0) is 17.4. The highest BCUT2D eigenvalue weighted by Gasteiger charge is 2.28. The predicted octanol–water partition coefficient (Wildman–Crippen LogP) is 1.40. The molecule has 0 aromatic heterocycles. The van der Waals surface area contributed by atoms with E-state index in [1.54, 1.807) is 0 Å². The van der Waals surface area contributed by atoms with Crippen LogP contribution in [0.25, 0.3) is 11.1 Å². The molecule has 0 radical (unpaired) electrons. The Morgan fingerprint density at radius 1 is 1.04 bits per heavy atom. The van der Waals surface area contributed by atoms with E-state index in [1.165, 1.54) is 31.4 Å². The van der Waals surface area contributed by atoms with E-state index in [4.69, 9.17) is 9.88 Å². The fraction of sp³-hybridized carbons (Fsp3) is 0.0769. The van der Waals surface area contributed by atoms with Crippen molar-refractivity contribution in [1.82, 2.24) is 0 Å². The number of halogens is 1. The summed E-state index contributed by atoms with van der Waals surface area (Å²) >= 11 is 0. The van der Waals surface area contributed by atoms with Crippen molar-refractivity contribution in [2.24, 2.45) is 5.14 Å². The van der Waals surface area contributed by atoms with Crippen molar-refractivity contribution in [3.05, 3.63) is 42.2 Å². The van der Waals surface area contributed by atoms with Crippen LogP contribution in [0.1, 0.15) is 0 Å². The predicted molar refractivity (Wildman–Crippen MR) is 79.6 cm³/mol. The first-order valence-corrected chi connectivity index (χ1v) is 9.01. The summed E-state index contributed by atoms with van der Waals surface area (Å²) in [6, 6.07) is 7.73. The minimum absolute atomic E-state index is 0.208. The summed E-state index contributed by atoms with van der Waals surface area (Å²) in [5.74, 6) is -1.16. The molecule has 2 aromatic rings. The van der Waals surface area contributed by atoms with Crippen molar-refractivity contribution in [1.29, 1.82) is 0 Å². The molecule has 0 saturated carbocycles. The number of methoxy groups -OCH3 is 1. The molecule has 10 heteroatoms. The summed E-state index contributed by atoms with van der Waals surface area (Å²) in [6.07, 6.45) is 0. The van der Waals surface area contributed by atoms with Gasteiger partial charge >= 0.3 is 0 Å². The summed E-state index contributed by atoms with van der Waals surface area (Å²) in [5, 5.41) is 4.84. The maximum Gasteiger partial charge on any atom is 0.298 e. The van der Waals surface area contributed by atoms with Crippen molar-refractivity contribution in [2.75, 3.05) is 7.11 Å². The Labute approximate surface area is 132 Å². The normalized spacial score (nSPS) is 12.2. The summed E-state index contributed by atoms with van der Waals surface area (Å²) < 4.78 is 74.2. The van der Waals surface area contributed by atoms with Gasteiger partial charge in [0.2, 0.25) is 10.0 Å². The molecule has 0 spiro atoms. The summed E-state index contributed by atoms with van der Waals surface area (Å²) in [4.78, 5) is -2.18. The second-order valence-electron chi connectivity index (χ2n) is 4.50. The number of primary sulfonamides is 1. The summed E-state index contributed by atoms with van der Waals surface area (Å²) in [5.41, 5.74) is 0.0262. The zero-order valence-electron chi connectivity index (χ0n) is 11.7. The fourth-order valence-electron chi connectivity index (χ4n) is 2.01. The van der Waals surface area contributed by atoms with E-state index in [-0.39, 0.29) is 11.1 Å². The average Bonchev–Trinajstić information content (AvgIpc) is 2.44. The number of benzene rings is 2. The van der Waals surface area contributed by atoms with Crippen LogP contribution in [0, 0.1) is 5.82 Å². The Hall–Kier alpha value is -2.01. The average molecular weight is 361 g/mol. The van der Waals surface area contributed by atoms with Gasteiger partial charge in [0, 0.05) is 5.56 Å². The van der Waals surface area contributed by atoms with Crippen LogP contribution in [0.15, 0.2) is 46.2 Å². The van der Waals surface area contributed by atoms with Crippen LogP contribution in [0.4, 0.5) is 4.39 Å². The molecule has 0 aliphatic rings. The van der Waals surface area contributed by atoms with Crippen LogP contribution < -0.4 is 9.88 Å². The Balaban J connectivity index is 2.81. The van der Waals surface area contributed by atoms with Gasteiger partial charge in [-0.05, 0) is 23.8 Å². The highest BCUT2D eigenvalue weighted by atomic mass is 32.2. The molecule has 0 atom stereocenters. The number of nitrogens with two attached hydrogens (primary N) is 1. The molecule has 0 bridgehead atoms. The van der Waals surface area contributed by atoms with E-state index < -0.39 is 35.7 Å². The van der Waals surface area contributed by atoms with Crippen LogP contribution in [-0.2, 0) is 20.1 Å². The summed E-state index contributed by atoms with van der Waals surface area (Å²) in [6.45, 7) is 0. The SMILES string of the molecule is COc1ccc(-c2ccc(S(N)(=O)=O)c(F)c2S(=O)(=O)O)cc1. The first-order chi connectivity index (χ1) is 10.6. The first kappa shape index (κ1) is 17.3. The van der Waals surface area contributed by atoms with Gasteiger partial charge in [0.1, 0.15) is 15.5 Å². The Morgan fingerprint density at radius 2 is 1.61 bits per heavy atom. The molecule has 0 fully saturated rings. The highest BCUT2D eigenvalue weighted by Crippen LogP contribution is 2.33. The second-order valence-corrected chi connectivity index (χ2v) is 7.39. The molecule has 0 aliphatic heterocycles. The van der Waals surface area contributed by atoms with Gasteiger partial charge in [0.15, 0.2) is 5.82 Å². The zero-order valence-corrected chi connectivity index (χ0v) is 13.4. The van der Waals surface area contributed by atoms with Gasteiger partial charge in [-0.25, -0.2) is 17.9 Å². The molecule has 2 rings (SSSR count). The molecule has 3 N–H and O–H groups in total. The lowest BCUT2D eigenvalue weighted by Crippen LogP contribution is -2.16. The first-order valence-electron chi connectivity index (χ1n) is 6.03. The van der Waals surface area contributed by atoms with E-state index in [0.29, 0.717) is 5.75 Å². The maximum atomic E-state index is 14.3. The smallest absolute Gasteiger partial charge is 0.298 e. The number of hydrogen-bond donors (Lipinski definition) is 2. The second kappa shape index (κ2) is 5.89. The Kier molecular flexibility index (Phi) is 4.44. The minimum atomic E-state index is -5.04. The van der Waals surface area contributed by atoms with Crippen molar-refractivity contribution in [3.63, 3.8) is 0 Å². The lowest BCUT2D eigenvalue weighted by Gasteiger charge is -2.11. The molecule has 2 aromatic carbocycles. The van der Waals surface area contributed by atoms with Gasteiger partial charge < -0.3 is 4.74 Å². The molecule has 124 valence electrons. The fourth-order valence-corrected chi connectivity index (χ4v) is 3.48. The van der Waals surface area contributed by atoms with E-state index in [9.17, 15) is 25.8 Å². The quantitative estimate of drug-likeness (QED) is 0.793. The molecule has 23 heavy (non-hydrogen) atoms. The molecule has 0 unspecified atom stereocenters. The number of hydrogen-bond acceptors (Lipinski definition) is 5. The third kappa shape index (κ3) is 3.50. The van der Waals surface area contributed by atoms with Crippen molar-refractivity contribution in [3.8, 4) is 16.9 Å². The molecular formula is C13H12FNO6S2. The van der Waals surface area contributed by atoms with Gasteiger partial charge in [-0.2, -0.15) is 8.42 Å². The van der Waals surface area contributed by atoms with Crippen LogP contribution in [0.5, 0.6) is 5.75 Å². The molecule has 0 heterocycles. The summed E-state index contributed by atoms with van der Waals surface area (Å²) in [7, 11) is -8.10. The largest absolute Gasteiger partial charge is 0.497 e. The van der Waals surface area contributed by atoms with Crippen molar-refractivity contribution < 1.29 is 30.5 Å². The van der Waals surface area contributed by atoms with E-state index in [2.05, 4.69) is 0 Å². The number of sulfonamides is 1. The topological polar surface area (TPSA) is 124 Å².